The number of benzene rings is 3. The molecule has 26 heavy (non-hydrogen) atoms. The highest BCUT2D eigenvalue weighted by Gasteiger charge is 2.03. The van der Waals surface area contributed by atoms with Crippen LogP contribution in [-0.4, -0.2) is 0 Å². The summed E-state index contributed by atoms with van der Waals surface area (Å²) in [5, 5.41) is 9.49. The molecule has 0 aromatic heterocycles. The summed E-state index contributed by atoms with van der Waals surface area (Å²) in [6.45, 7) is 0.498. The lowest BCUT2D eigenvalue weighted by Crippen LogP contribution is -1.95. The average molecular weight is 469 g/mol. The molecular weight excluding hydrogens is 454 g/mol. The molecule has 4 heteroatoms. The van der Waals surface area contributed by atoms with Crippen molar-refractivity contribution in [3.8, 4) is 11.8 Å². The maximum atomic E-state index is 9.49. The minimum absolute atomic E-state index is 0.498. The number of allylic oxidation sites excluding steroid dienone is 1. The summed E-state index contributed by atoms with van der Waals surface area (Å²) in [6.07, 6.45) is 1.87. The molecule has 0 spiro atoms. The smallest absolute Gasteiger partial charge is 0.120 e. The Hall–Kier alpha value is -2.35. The Balaban J connectivity index is 1.76. The first kappa shape index (κ1) is 18.4. The monoisotopic (exact) mass is 467 g/mol. The zero-order valence-electron chi connectivity index (χ0n) is 13.8. The van der Waals surface area contributed by atoms with Crippen molar-refractivity contribution < 1.29 is 4.74 Å². The van der Waals surface area contributed by atoms with E-state index >= 15 is 0 Å². The van der Waals surface area contributed by atoms with E-state index < -0.39 is 0 Å². The Morgan fingerprint density at radius 3 is 2.23 bits per heavy atom. The quantitative estimate of drug-likeness (QED) is 0.302. The second-order valence-corrected chi connectivity index (χ2v) is 7.50. The Bertz CT molecular complexity index is 955. The maximum Gasteiger partial charge on any atom is 0.120 e. The molecule has 0 heterocycles. The second-order valence-electron chi connectivity index (χ2n) is 5.66. The van der Waals surface area contributed by atoms with Crippen molar-refractivity contribution in [2.45, 2.75) is 6.61 Å². The highest BCUT2D eigenvalue weighted by atomic mass is 79.9. The first-order valence-electron chi connectivity index (χ1n) is 7.99. The summed E-state index contributed by atoms with van der Waals surface area (Å²) in [5.74, 6) is 0.773. The van der Waals surface area contributed by atoms with E-state index in [2.05, 4.69) is 37.9 Å². The van der Waals surface area contributed by atoms with Gasteiger partial charge in [0.2, 0.25) is 0 Å². The number of hydrogen-bond donors (Lipinski definition) is 0. The minimum Gasteiger partial charge on any atom is -0.489 e. The van der Waals surface area contributed by atoms with Crippen molar-refractivity contribution in [3.63, 3.8) is 0 Å². The van der Waals surface area contributed by atoms with Crippen LogP contribution in [0.4, 0.5) is 0 Å². The summed E-state index contributed by atoms with van der Waals surface area (Å²) >= 11 is 6.84. The van der Waals surface area contributed by atoms with Crippen molar-refractivity contribution in [1.29, 1.82) is 5.26 Å². The Morgan fingerprint density at radius 1 is 0.923 bits per heavy atom. The molecular formula is C22H15Br2NO. The lowest BCUT2D eigenvalue weighted by molar-refractivity contribution is 0.306. The van der Waals surface area contributed by atoms with E-state index in [1.807, 2.05) is 78.9 Å². The molecule has 0 aliphatic carbocycles. The SMILES string of the molecule is N#C/C(=C/c1cccc(OCc2ccc(Br)cc2)c1)c1ccc(Br)cc1. The van der Waals surface area contributed by atoms with Crippen molar-refractivity contribution in [3.05, 3.63) is 98.4 Å². The number of hydrogen-bond acceptors (Lipinski definition) is 2. The van der Waals surface area contributed by atoms with E-state index in [1.54, 1.807) is 0 Å². The van der Waals surface area contributed by atoms with E-state index in [9.17, 15) is 5.26 Å². The number of nitrogens with zero attached hydrogens (tertiary/aromatic N) is 1. The molecule has 0 radical (unpaired) electrons. The van der Waals surface area contributed by atoms with Gasteiger partial charge in [0, 0.05) is 8.95 Å². The van der Waals surface area contributed by atoms with Gasteiger partial charge in [-0.25, -0.2) is 0 Å². The Morgan fingerprint density at radius 2 is 1.58 bits per heavy atom. The van der Waals surface area contributed by atoms with Crippen LogP contribution in [0.3, 0.4) is 0 Å². The predicted octanol–water partition coefficient (Wildman–Crippen LogP) is 6.85. The maximum absolute atomic E-state index is 9.49. The van der Waals surface area contributed by atoms with Crippen molar-refractivity contribution in [2.75, 3.05) is 0 Å². The molecule has 0 bridgehead atoms. The molecule has 0 unspecified atom stereocenters. The summed E-state index contributed by atoms with van der Waals surface area (Å²) in [7, 11) is 0. The zero-order valence-corrected chi connectivity index (χ0v) is 17.0. The van der Waals surface area contributed by atoms with Crippen LogP contribution in [0, 0.1) is 11.3 Å². The van der Waals surface area contributed by atoms with Crippen LogP contribution >= 0.6 is 31.9 Å². The summed E-state index contributed by atoms with van der Waals surface area (Å²) in [6, 6.07) is 25.8. The normalized spacial score (nSPS) is 11.0. The van der Waals surface area contributed by atoms with Crippen LogP contribution in [0.15, 0.2) is 81.7 Å². The highest BCUT2D eigenvalue weighted by Crippen LogP contribution is 2.23. The van der Waals surface area contributed by atoms with Crippen molar-refractivity contribution >= 4 is 43.5 Å². The summed E-state index contributed by atoms with van der Waals surface area (Å²) in [4.78, 5) is 0. The largest absolute Gasteiger partial charge is 0.489 e. The van der Waals surface area contributed by atoms with Gasteiger partial charge in [-0.3, -0.25) is 0 Å². The predicted molar refractivity (Wildman–Crippen MR) is 113 cm³/mol. The fourth-order valence-electron chi connectivity index (χ4n) is 2.42. The van der Waals surface area contributed by atoms with E-state index in [1.165, 1.54) is 0 Å². The fraction of sp³-hybridized carbons (Fsp3) is 0.0455. The number of rotatable bonds is 5. The number of ether oxygens (including phenoxy) is 1. The molecule has 3 rings (SSSR count). The van der Waals surface area contributed by atoms with Gasteiger partial charge in [0.05, 0.1) is 11.6 Å². The summed E-state index contributed by atoms with van der Waals surface area (Å²) < 4.78 is 7.91. The molecule has 0 atom stereocenters. The molecule has 0 N–H and O–H groups in total. The van der Waals surface area contributed by atoms with Gasteiger partial charge in [0.15, 0.2) is 0 Å². The molecule has 0 saturated heterocycles. The van der Waals surface area contributed by atoms with Crippen LogP contribution < -0.4 is 4.74 Å². The lowest BCUT2D eigenvalue weighted by Gasteiger charge is -2.07. The van der Waals surface area contributed by atoms with Crippen LogP contribution in [0.5, 0.6) is 5.75 Å². The number of halogens is 2. The van der Waals surface area contributed by atoms with Gasteiger partial charge in [-0.05, 0) is 59.2 Å². The molecule has 128 valence electrons. The van der Waals surface area contributed by atoms with E-state index in [0.717, 1.165) is 31.4 Å². The molecule has 0 saturated carbocycles. The van der Waals surface area contributed by atoms with E-state index in [0.29, 0.717) is 12.2 Å². The topological polar surface area (TPSA) is 33.0 Å². The van der Waals surface area contributed by atoms with Gasteiger partial charge in [0.1, 0.15) is 12.4 Å². The van der Waals surface area contributed by atoms with Crippen LogP contribution in [0.1, 0.15) is 16.7 Å². The number of nitriles is 1. The van der Waals surface area contributed by atoms with Gasteiger partial charge < -0.3 is 4.74 Å². The van der Waals surface area contributed by atoms with E-state index in [4.69, 9.17) is 4.74 Å². The Labute approximate surface area is 170 Å². The molecule has 2 nitrogen and oxygen atoms in total. The highest BCUT2D eigenvalue weighted by molar-refractivity contribution is 9.10. The standard InChI is InChI=1S/C22H15Br2NO/c23-20-8-4-16(5-9-20)15-26-22-3-1-2-17(13-22)12-19(14-25)18-6-10-21(24)11-7-18/h1-13H,15H2/b19-12-. The van der Waals surface area contributed by atoms with E-state index in [-0.39, 0.29) is 0 Å². The minimum atomic E-state index is 0.498. The van der Waals surface area contributed by atoms with Crippen molar-refractivity contribution in [1.82, 2.24) is 0 Å². The lowest BCUT2D eigenvalue weighted by atomic mass is 10.0. The van der Waals surface area contributed by atoms with Gasteiger partial charge in [0.25, 0.3) is 0 Å². The molecule has 0 aliphatic rings. The van der Waals surface area contributed by atoms with Gasteiger partial charge in [-0.1, -0.05) is 68.3 Å². The third kappa shape index (κ3) is 5.08. The molecule has 3 aromatic carbocycles. The third-order valence-corrected chi connectivity index (χ3v) is 4.82. The van der Waals surface area contributed by atoms with Gasteiger partial charge >= 0.3 is 0 Å². The Kier molecular flexibility index (Phi) is 6.27. The molecule has 0 amide bonds. The molecule has 0 fully saturated rings. The van der Waals surface area contributed by atoms with Gasteiger partial charge in [-0.15, -0.1) is 0 Å². The van der Waals surface area contributed by atoms with Crippen LogP contribution in [0.2, 0.25) is 0 Å². The third-order valence-electron chi connectivity index (χ3n) is 3.76. The summed E-state index contributed by atoms with van der Waals surface area (Å²) in [5.41, 5.74) is 3.53. The first-order chi connectivity index (χ1) is 12.6. The van der Waals surface area contributed by atoms with Crippen molar-refractivity contribution in [2.24, 2.45) is 0 Å². The fourth-order valence-corrected chi connectivity index (χ4v) is 2.95. The second kappa shape index (κ2) is 8.84. The van der Waals surface area contributed by atoms with Gasteiger partial charge in [-0.2, -0.15) is 5.26 Å². The van der Waals surface area contributed by atoms with Crippen LogP contribution in [0.25, 0.3) is 11.6 Å². The first-order valence-corrected chi connectivity index (χ1v) is 9.58. The average Bonchev–Trinajstić information content (AvgIpc) is 2.67. The van der Waals surface area contributed by atoms with Crippen LogP contribution in [-0.2, 0) is 6.61 Å². The zero-order chi connectivity index (χ0) is 18.4. The molecule has 0 aliphatic heterocycles. The molecule has 3 aromatic rings.